The third-order valence-electron chi connectivity index (χ3n) is 6.30. The number of hydrogen-bond donors (Lipinski definition) is 1. The number of esters is 1. The molecule has 35 heavy (non-hydrogen) atoms. The topological polar surface area (TPSA) is 103 Å². The number of likely N-dealkylation sites (tertiary alicyclic amines) is 1. The summed E-state index contributed by atoms with van der Waals surface area (Å²) in [6.45, 7) is 5.73. The molecule has 0 radical (unpaired) electrons. The van der Waals surface area contributed by atoms with Gasteiger partial charge in [-0.2, -0.15) is 0 Å². The van der Waals surface area contributed by atoms with Crippen LogP contribution in [0.2, 0.25) is 0 Å². The molecule has 0 spiro atoms. The maximum Gasteiger partial charge on any atom is 0.411 e. The number of rotatable bonds is 6. The van der Waals surface area contributed by atoms with E-state index in [2.05, 4.69) is 4.98 Å². The van der Waals surface area contributed by atoms with E-state index in [4.69, 9.17) is 23.9 Å². The summed E-state index contributed by atoms with van der Waals surface area (Å²) in [7, 11) is 0. The van der Waals surface area contributed by atoms with Crippen molar-refractivity contribution in [1.82, 2.24) is 14.9 Å². The van der Waals surface area contributed by atoms with E-state index in [1.165, 1.54) is 4.90 Å². The number of benzene rings is 2. The minimum absolute atomic E-state index is 0.0500. The highest BCUT2D eigenvalue weighted by Gasteiger charge is 2.61. The monoisotopic (exact) mass is 479 g/mol. The maximum atomic E-state index is 13.6. The Bertz CT molecular complexity index is 1180. The first-order chi connectivity index (χ1) is 16.9. The molecule has 2 fully saturated rings. The van der Waals surface area contributed by atoms with Crippen molar-refractivity contribution in [3.8, 4) is 0 Å². The van der Waals surface area contributed by atoms with E-state index < -0.39 is 42.1 Å². The Hall–Kier alpha value is -3.43. The van der Waals surface area contributed by atoms with Crippen LogP contribution < -0.4 is 0 Å². The highest BCUT2D eigenvalue weighted by atomic mass is 16.8. The largest absolute Gasteiger partial charge is 0.466 e. The fourth-order valence-corrected chi connectivity index (χ4v) is 4.93. The number of nitrogens with zero attached hydrogens (tertiary/aromatic N) is 2. The van der Waals surface area contributed by atoms with E-state index in [1.807, 2.05) is 68.4 Å². The van der Waals surface area contributed by atoms with Crippen molar-refractivity contribution in [2.45, 2.75) is 63.9 Å². The number of para-hydroxylation sites is 2. The van der Waals surface area contributed by atoms with Crippen LogP contribution in [0.25, 0.3) is 11.0 Å². The summed E-state index contributed by atoms with van der Waals surface area (Å²) in [4.78, 5) is 35.7. The lowest BCUT2D eigenvalue weighted by molar-refractivity contribution is -0.170. The van der Waals surface area contributed by atoms with Gasteiger partial charge >= 0.3 is 12.1 Å². The molecule has 1 N–H and O–H groups in total. The fraction of sp³-hybridized carbons (Fsp3) is 0.423. The smallest absolute Gasteiger partial charge is 0.411 e. The van der Waals surface area contributed by atoms with Gasteiger partial charge in [0.25, 0.3) is 0 Å². The molecule has 2 saturated heterocycles. The second-order valence-electron chi connectivity index (χ2n) is 9.17. The summed E-state index contributed by atoms with van der Waals surface area (Å²) in [5, 5.41) is 0. The Morgan fingerprint density at radius 1 is 1.03 bits per heavy atom. The highest BCUT2D eigenvalue weighted by Crippen LogP contribution is 2.48. The number of aromatic amines is 1. The van der Waals surface area contributed by atoms with Crippen molar-refractivity contribution in [3.63, 3.8) is 0 Å². The van der Waals surface area contributed by atoms with Gasteiger partial charge in [-0.3, -0.25) is 9.69 Å². The third-order valence-corrected chi connectivity index (χ3v) is 6.30. The summed E-state index contributed by atoms with van der Waals surface area (Å²) in [5.74, 6) is -0.756. The molecule has 9 nitrogen and oxygen atoms in total. The molecular weight excluding hydrogens is 450 g/mol. The lowest BCUT2D eigenvalue weighted by Crippen LogP contribution is -2.44. The standard InChI is InChI=1S/C26H29N3O6/c1-4-32-20(30)14-19-22-23(35-26(2,3)34-22)21(24-27-17-12-8-9-13-18(17)28-24)29(19)25(31)33-15-16-10-6-5-7-11-16/h5-13,19,21-23H,4,14-15H2,1-3H3,(H,27,28)/t19-,21+,22+,23-/m0/s1. The summed E-state index contributed by atoms with van der Waals surface area (Å²) in [6.07, 6.45) is -1.73. The molecule has 0 bridgehead atoms. The van der Waals surface area contributed by atoms with Crippen LogP contribution in [0.4, 0.5) is 4.79 Å². The van der Waals surface area contributed by atoms with Crippen LogP contribution in [-0.2, 0) is 30.3 Å². The van der Waals surface area contributed by atoms with E-state index >= 15 is 0 Å². The lowest BCUT2D eigenvalue weighted by Gasteiger charge is -2.32. The maximum absolute atomic E-state index is 13.6. The molecule has 5 rings (SSSR count). The van der Waals surface area contributed by atoms with Gasteiger partial charge in [0.15, 0.2) is 5.79 Å². The molecule has 4 atom stereocenters. The first-order valence-electron chi connectivity index (χ1n) is 11.8. The van der Waals surface area contributed by atoms with Crippen LogP contribution in [0.3, 0.4) is 0 Å². The number of carbonyl (C=O) groups is 2. The van der Waals surface area contributed by atoms with E-state index in [9.17, 15) is 9.59 Å². The predicted molar refractivity (Wildman–Crippen MR) is 126 cm³/mol. The Morgan fingerprint density at radius 2 is 1.74 bits per heavy atom. The van der Waals surface area contributed by atoms with Gasteiger partial charge in [-0.15, -0.1) is 0 Å². The van der Waals surface area contributed by atoms with Crippen molar-refractivity contribution in [2.24, 2.45) is 0 Å². The van der Waals surface area contributed by atoms with Gasteiger partial charge in [0.1, 0.15) is 30.7 Å². The van der Waals surface area contributed by atoms with Gasteiger partial charge in [0.05, 0.1) is 30.1 Å². The number of H-pyrrole nitrogens is 1. The summed E-state index contributed by atoms with van der Waals surface area (Å²) < 4.78 is 23.4. The molecule has 2 aliphatic heterocycles. The van der Waals surface area contributed by atoms with Gasteiger partial charge in [0, 0.05) is 0 Å². The molecule has 1 aromatic heterocycles. The Kier molecular flexibility index (Phi) is 6.21. The molecule has 3 heterocycles. The predicted octanol–water partition coefficient (Wildman–Crippen LogP) is 4.10. The number of imidazole rings is 1. The van der Waals surface area contributed by atoms with Gasteiger partial charge in [-0.05, 0) is 38.5 Å². The fourth-order valence-electron chi connectivity index (χ4n) is 4.93. The summed E-state index contributed by atoms with van der Waals surface area (Å²) in [5.41, 5.74) is 2.46. The minimum atomic E-state index is -0.882. The normalized spacial score (nSPS) is 24.9. The zero-order chi connectivity index (χ0) is 24.6. The second-order valence-corrected chi connectivity index (χ2v) is 9.17. The molecular formula is C26H29N3O6. The summed E-state index contributed by atoms with van der Waals surface area (Å²) >= 11 is 0. The minimum Gasteiger partial charge on any atom is -0.466 e. The van der Waals surface area contributed by atoms with Crippen LogP contribution in [0.1, 0.15) is 44.6 Å². The number of amides is 1. The van der Waals surface area contributed by atoms with Crippen LogP contribution in [0.5, 0.6) is 0 Å². The quantitative estimate of drug-likeness (QED) is 0.531. The van der Waals surface area contributed by atoms with E-state index in [1.54, 1.807) is 6.92 Å². The van der Waals surface area contributed by atoms with Crippen LogP contribution >= 0.6 is 0 Å². The van der Waals surface area contributed by atoms with E-state index in [0.717, 1.165) is 16.6 Å². The molecule has 0 saturated carbocycles. The van der Waals surface area contributed by atoms with Crippen LogP contribution in [0.15, 0.2) is 54.6 Å². The lowest BCUT2D eigenvalue weighted by atomic mass is 10.1. The molecule has 2 aliphatic rings. The average molecular weight is 480 g/mol. The van der Waals surface area contributed by atoms with Gasteiger partial charge < -0.3 is 23.9 Å². The number of nitrogens with one attached hydrogen (secondary N) is 1. The van der Waals surface area contributed by atoms with Crippen molar-refractivity contribution in [1.29, 1.82) is 0 Å². The average Bonchev–Trinajstić information content (AvgIpc) is 3.47. The van der Waals surface area contributed by atoms with Gasteiger partial charge in [0.2, 0.25) is 0 Å². The number of carbonyl (C=O) groups excluding carboxylic acids is 2. The molecule has 3 aromatic rings. The number of fused-ring (bicyclic) bond motifs is 2. The van der Waals surface area contributed by atoms with Crippen molar-refractivity contribution in [2.75, 3.05) is 6.61 Å². The number of hydrogen-bond acceptors (Lipinski definition) is 7. The Morgan fingerprint density at radius 3 is 2.49 bits per heavy atom. The zero-order valence-electron chi connectivity index (χ0n) is 20.0. The molecule has 1 amide bonds. The second kappa shape index (κ2) is 9.31. The number of ether oxygens (including phenoxy) is 4. The number of aromatic nitrogens is 2. The molecule has 0 unspecified atom stereocenters. The van der Waals surface area contributed by atoms with Crippen molar-refractivity contribution < 1.29 is 28.5 Å². The first-order valence-corrected chi connectivity index (χ1v) is 11.8. The van der Waals surface area contributed by atoms with E-state index in [0.29, 0.717) is 5.82 Å². The van der Waals surface area contributed by atoms with Gasteiger partial charge in [-0.25, -0.2) is 9.78 Å². The van der Waals surface area contributed by atoms with E-state index in [-0.39, 0.29) is 19.6 Å². The Labute approximate surface area is 203 Å². The SMILES string of the molecule is CCOC(=O)C[C@H]1[C@H]2OC(C)(C)O[C@H]2[C@H](c2nc3ccccc3[nH]2)N1C(=O)OCc1ccccc1. The van der Waals surface area contributed by atoms with Crippen LogP contribution in [0, 0.1) is 0 Å². The molecule has 184 valence electrons. The Balaban J connectivity index is 1.52. The van der Waals surface area contributed by atoms with Crippen molar-refractivity contribution >= 4 is 23.1 Å². The third kappa shape index (κ3) is 4.61. The highest BCUT2D eigenvalue weighted by molar-refractivity contribution is 5.76. The molecule has 9 heteroatoms. The zero-order valence-corrected chi connectivity index (χ0v) is 20.0. The molecule has 0 aliphatic carbocycles. The van der Waals surface area contributed by atoms with Gasteiger partial charge in [-0.1, -0.05) is 42.5 Å². The van der Waals surface area contributed by atoms with Crippen LogP contribution in [-0.4, -0.2) is 57.6 Å². The first kappa shape index (κ1) is 23.3. The van der Waals surface area contributed by atoms with Crippen molar-refractivity contribution in [3.05, 3.63) is 66.0 Å². The summed E-state index contributed by atoms with van der Waals surface area (Å²) in [6, 6.07) is 15.8. The molecule has 2 aromatic carbocycles.